The zero-order valence-electron chi connectivity index (χ0n) is 14.5. The second-order valence-electron chi connectivity index (χ2n) is 5.96. The van der Waals surface area contributed by atoms with Gasteiger partial charge in [-0.2, -0.15) is 0 Å². The highest BCUT2D eigenvalue weighted by Crippen LogP contribution is 2.28. The monoisotopic (exact) mass is 373 g/mol. The third-order valence-electron chi connectivity index (χ3n) is 3.91. The summed E-state index contributed by atoms with van der Waals surface area (Å²) in [5.41, 5.74) is 2.13. The maximum Gasteiger partial charge on any atom is 0.196 e. The largest absolute Gasteiger partial charge is 0.293 e. The maximum atomic E-state index is 13.4. The second-order valence-corrected chi connectivity index (χ2v) is 7.27. The molecule has 26 heavy (non-hydrogen) atoms. The molecule has 0 spiro atoms. The van der Waals surface area contributed by atoms with E-state index in [9.17, 15) is 13.6 Å². The number of ketones is 1. The van der Waals surface area contributed by atoms with Gasteiger partial charge in [0, 0.05) is 11.3 Å². The fraction of sp³-hybridized carbons (Fsp3) is 0.211. The summed E-state index contributed by atoms with van der Waals surface area (Å²) < 4.78 is 28.3. The Hall–Kier alpha value is -2.54. The molecule has 0 amide bonds. The molecule has 7 heteroatoms. The number of benzene rings is 2. The van der Waals surface area contributed by atoms with Crippen molar-refractivity contribution in [1.29, 1.82) is 0 Å². The third-order valence-corrected chi connectivity index (χ3v) is 4.95. The molecule has 0 radical (unpaired) electrons. The van der Waals surface area contributed by atoms with E-state index in [1.165, 1.54) is 17.8 Å². The van der Waals surface area contributed by atoms with Crippen LogP contribution in [-0.4, -0.2) is 25.8 Å². The van der Waals surface area contributed by atoms with Crippen molar-refractivity contribution in [3.05, 3.63) is 71.1 Å². The van der Waals surface area contributed by atoms with E-state index in [0.29, 0.717) is 11.0 Å². The van der Waals surface area contributed by atoms with E-state index in [4.69, 9.17) is 0 Å². The lowest BCUT2D eigenvalue weighted by Gasteiger charge is -2.13. The number of aryl methyl sites for hydroxylation is 2. The lowest BCUT2D eigenvalue weighted by molar-refractivity contribution is 0.0993. The molecule has 2 aromatic carbocycles. The first kappa shape index (κ1) is 18.3. The molecule has 134 valence electrons. The van der Waals surface area contributed by atoms with Crippen LogP contribution in [0.3, 0.4) is 0 Å². The minimum Gasteiger partial charge on any atom is -0.293 e. The summed E-state index contributed by atoms with van der Waals surface area (Å²) in [6, 6.07) is 11.0. The number of halogens is 2. The average molecular weight is 373 g/mol. The van der Waals surface area contributed by atoms with Crippen molar-refractivity contribution in [2.45, 2.75) is 31.2 Å². The maximum absolute atomic E-state index is 13.4. The average Bonchev–Trinajstić information content (AvgIpc) is 2.97. The second kappa shape index (κ2) is 7.37. The predicted molar refractivity (Wildman–Crippen MR) is 96.8 cm³/mol. The van der Waals surface area contributed by atoms with Crippen LogP contribution >= 0.6 is 11.8 Å². The molecular weight excluding hydrogens is 356 g/mol. The van der Waals surface area contributed by atoms with Gasteiger partial charge in [-0.15, -0.1) is 10.2 Å². The topological polar surface area (TPSA) is 47.8 Å². The summed E-state index contributed by atoms with van der Waals surface area (Å²) in [5, 5.41) is 8.29. The molecule has 1 aromatic heterocycles. The van der Waals surface area contributed by atoms with Crippen LogP contribution in [0.5, 0.6) is 0 Å². The SMILES string of the molecule is Cc1cccc(-n2c(C)nnc2S[C@@H](C)C(=O)c2ccc(F)c(F)c2)c1. The van der Waals surface area contributed by atoms with E-state index in [1.807, 2.05) is 42.7 Å². The number of Topliss-reactive ketones (excluding diaryl/α,β-unsaturated/α-hetero) is 1. The summed E-state index contributed by atoms with van der Waals surface area (Å²) in [6.07, 6.45) is 0. The molecule has 0 aliphatic rings. The molecule has 0 aliphatic heterocycles. The van der Waals surface area contributed by atoms with Crippen LogP contribution in [0.25, 0.3) is 5.69 Å². The van der Waals surface area contributed by atoms with E-state index in [0.717, 1.165) is 23.4 Å². The molecule has 0 saturated heterocycles. The van der Waals surface area contributed by atoms with Gasteiger partial charge >= 0.3 is 0 Å². The van der Waals surface area contributed by atoms with Crippen LogP contribution in [0.2, 0.25) is 0 Å². The van der Waals surface area contributed by atoms with Gasteiger partial charge < -0.3 is 0 Å². The fourth-order valence-electron chi connectivity index (χ4n) is 2.58. The molecule has 0 N–H and O–H groups in total. The Balaban J connectivity index is 1.87. The third kappa shape index (κ3) is 3.67. The summed E-state index contributed by atoms with van der Waals surface area (Å²) >= 11 is 1.23. The number of nitrogens with zero attached hydrogens (tertiary/aromatic N) is 3. The first-order chi connectivity index (χ1) is 12.4. The van der Waals surface area contributed by atoms with Gasteiger partial charge in [0.1, 0.15) is 5.82 Å². The number of hydrogen-bond acceptors (Lipinski definition) is 4. The van der Waals surface area contributed by atoms with Gasteiger partial charge in [0.05, 0.1) is 5.25 Å². The predicted octanol–water partition coefficient (Wildman–Crippen LogP) is 4.53. The van der Waals surface area contributed by atoms with E-state index in [2.05, 4.69) is 10.2 Å². The Morgan fingerprint density at radius 2 is 1.85 bits per heavy atom. The van der Waals surface area contributed by atoms with Crippen molar-refractivity contribution < 1.29 is 13.6 Å². The molecule has 0 fully saturated rings. The number of carbonyl (C=O) groups excluding carboxylic acids is 1. The standard InChI is InChI=1S/C19H17F2N3OS/c1-11-5-4-6-15(9-11)24-13(3)22-23-19(24)26-12(2)18(25)14-7-8-16(20)17(21)10-14/h4-10,12H,1-3H3/t12-/m0/s1. The zero-order chi connectivity index (χ0) is 18.8. The molecule has 1 heterocycles. The molecule has 0 bridgehead atoms. The van der Waals surface area contributed by atoms with Crippen LogP contribution in [0.15, 0.2) is 47.6 Å². The highest BCUT2D eigenvalue weighted by atomic mass is 32.2. The molecule has 3 aromatic rings. The van der Waals surface area contributed by atoms with Crippen LogP contribution < -0.4 is 0 Å². The number of thioether (sulfide) groups is 1. The van der Waals surface area contributed by atoms with Crippen molar-refractivity contribution in [2.75, 3.05) is 0 Å². The Kier molecular flexibility index (Phi) is 5.18. The van der Waals surface area contributed by atoms with Crippen molar-refractivity contribution in [2.24, 2.45) is 0 Å². The van der Waals surface area contributed by atoms with Crippen molar-refractivity contribution in [3.63, 3.8) is 0 Å². The summed E-state index contributed by atoms with van der Waals surface area (Å²) in [6.45, 7) is 5.53. The Bertz CT molecular complexity index is 971. The minimum atomic E-state index is -1.04. The molecule has 0 saturated carbocycles. The number of carbonyl (C=O) groups is 1. The summed E-state index contributed by atoms with van der Waals surface area (Å²) in [4.78, 5) is 12.6. The summed E-state index contributed by atoms with van der Waals surface area (Å²) in [5.74, 6) is -1.61. The van der Waals surface area contributed by atoms with Crippen LogP contribution in [-0.2, 0) is 0 Å². The van der Waals surface area contributed by atoms with Gasteiger partial charge in [-0.25, -0.2) is 8.78 Å². The van der Waals surface area contributed by atoms with Gasteiger partial charge in [0.25, 0.3) is 0 Å². The smallest absolute Gasteiger partial charge is 0.196 e. The van der Waals surface area contributed by atoms with Gasteiger partial charge in [-0.05, 0) is 56.7 Å². The van der Waals surface area contributed by atoms with Gasteiger partial charge in [-0.3, -0.25) is 9.36 Å². The molecule has 4 nitrogen and oxygen atoms in total. The van der Waals surface area contributed by atoms with E-state index in [-0.39, 0.29) is 11.3 Å². The van der Waals surface area contributed by atoms with E-state index in [1.54, 1.807) is 6.92 Å². The van der Waals surface area contributed by atoms with Crippen molar-refractivity contribution in [1.82, 2.24) is 14.8 Å². The van der Waals surface area contributed by atoms with Crippen LogP contribution in [0.1, 0.15) is 28.7 Å². The Morgan fingerprint density at radius 1 is 1.08 bits per heavy atom. The molecule has 1 atom stereocenters. The van der Waals surface area contributed by atoms with Crippen molar-refractivity contribution >= 4 is 17.5 Å². The first-order valence-electron chi connectivity index (χ1n) is 8.02. The highest BCUT2D eigenvalue weighted by Gasteiger charge is 2.22. The van der Waals surface area contributed by atoms with Crippen LogP contribution in [0.4, 0.5) is 8.78 Å². The van der Waals surface area contributed by atoms with E-state index >= 15 is 0 Å². The minimum absolute atomic E-state index is 0.127. The Labute approximate surface area is 154 Å². The Morgan fingerprint density at radius 3 is 2.54 bits per heavy atom. The van der Waals surface area contributed by atoms with Gasteiger partial charge in [0.2, 0.25) is 0 Å². The number of hydrogen-bond donors (Lipinski definition) is 0. The van der Waals surface area contributed by atoms with Crippen molar-refractivity contribution in [3.8, 4) is 5.69 Å². The lowest BCUT2D eigenvalue weighted by atomic mass is 10.1. The molecule has 0 aliphatic carbocycles. The van der Waals surface area contributed by atoms with Gasteiger partial charge in [0.15, 0.2) is 22.6 Å². The van der Waals surface area contributed by atoms with Crippen LogP contribution in [0, 0.1) is 25.5 Å². The fourth-order valence-corrected chi connectivity index (χ4v) is 3.57. The molecule has 3 rings (SSSR count). The quantitative estimate of drug-likeness (QED) is 0.487. The molecule has 0 unspecified atom stereocenters. The number of aromatic nitrogens is 3. The normalized spacial score (nSPS) is 12.2. The van der Waals surface area contributed by atoms with E-state index < -0.39 is 16.9 Å². The zero-order valence-corrected chi connectivity index (χ0v) is 15.3. The lowest BCUT2D eigenvalue weighted by Crippen LogP contribution is -2.15. The van der Waals surface area contributed by atoms with Gasteiger partial charge in [-0.1, -0.05) is 23.9 Å². The number of rotatable bonds is 5. The first-order valence-corrected chi connectivity index (χ1v) is 8.90. The summed E-state index contributed by atoms with van der Waals surface area (Å²) in [7, 11) is 0. The highest BCUT2D eigenvalue weighted by molar-refractivity contribution is 8.00. The molecular formula is C19H17F2N3OS.